The quantitative estimate of drug-likeness (QED) is 0.225. The molecule has 8 heteroatoms. The fourth-order valence-electron chi connectivity index (χ4n) is 6.60. The number of hydrogen-bond acceptors (Lipinski definition) is 6. The van der Waals surface area contributed by atoms with Gasteiger partial charge in [-0.25, -0.2) is 4.52 Å². The van der Waals surface area contributed by atoms with Crippen molar-refractivity contribution in [1.29, 1.82) is 5.26 Å². The Morgan fingerprint density at radius 1 is 1.10 bits per heavy atom. The minimum atomic E-state index is -0.275. The van der Waals surface area contributed by atoms with Gasteiger partial charge in [0, 0.05) is 23.4 Å². The molecule has 2 saturated carbocycles. The van der Waals surface area contributed by atoms with Crippen molar-refractivity contribution in [2.45, 2.75) is 83.3 Å². The van der Waals surface area contributed by atoms with Gasteiger partial charge >= 0.3 is 0 Å². The molecule has 2 heterocycles. The topological polar surface area (TPSA) is 102 Å². The zero-order valence-electron chi connectivity index (χ0n) is 24.2. The Morgan fingerprint density at radius 2 is 1.86 bits per heavy atom. The summed E-state index contributed by atoms with van der Waals surface area (Å²) in [5.41, 5.74) is 4.97. The number of carbonyl (C=O) groups excluding carboxylic acids is 1. The molecule has 0 spiro atoms. The highest BCUT2D eigenvalue weighted by Crippen LogP contribution is 2.40. The Labute approximate surface area is 246 Å². The summed E-state index contributed by atoms with van der Waals surface area (Å²) in [7, 11) is 0. The number of carbonyl (C=O) groups is 1. The van der Waals surface area contributed by atoms with Crippen LogP contribution in [0.3, 0.4) is 0 Å². The molecule has 0 radical (unpaired) electrons. The van der Waals surface area contributed by atoms with Gasteiger partial charge < -0.3 is 9.53 Å². The van der Waals surface area contributed by atoms with Crippen LogP contribution in [0.1, 0.15) is 86.7 Å². The van der Waals surface area contributed by atoms with Crippen LogP contribution in [0.25, 0.3) is 16.9 Å². The van der Waals surface area contributed by atoms with E-state index in [0.717, 1.165) is 92.0 Å². The smallest absolute Gasteiger partial charge is 0.259 e. The van der Waals surface area contributed by atoms with E-state index in [1.54, 1.807) is 6.33 Å². The summed E-state index contributed by atoms with van der Waals surface area (Å²) in [5.74, 6) is 0.606. The lowest BCUT2D eigenvalue weighted by Gasteiger charge is -2.38. The van der Waals surface area contributed by atoms with Crippen LogP contribution in [0.15, 0.2) is 59.7 Å². The van der Waals surface area contributed by atoms with Crippen molar-refractivity contribution in [2.75, 3.05) is 6.61 Å². The van der Waals surface area contributed by atoms with Gasteiger partial charge in [0.05, 0.1) is 30.0 Å². The van der Waals surface area contributed by atoms with Crippen LogP contribution >= 0.6 is 0 Å². The normalized spacial score (nSPS) is 19.7. The Kier molecular flexibility index (Phi) is 8.03. The second kappa shape index (κ2) is 12.0. The van der Waals surface area contributed by atoms with E-state index in [0.29, 0.717) is 24.4 Å². The molecular weight excluding hydrogens is 526 g/mol. The molecule has 8 nitrogen and oxygen atoms in total. The lowest BCUT2D eigenvalue weighted by Crippen LogP contribution is -2.39. The highest BCUT2D eigenvalue weighted by molar-refractivity contribution is 5.70. The standard InChI is InChI=1S/C34H37N5O3/c1-2-6-31-30(19-24-9-11-25(12-10-24)29-8-4-3-7-26(29)20-35)32(41)38(33-36-23-37-39(31)33)27-13-15-28(16-14-27)42-22-34(21-40)17-5-18-34/h3-4,7-12,21,23,27-28H,2,5-6,13-19,22H2,1H3. The monoisotopic (exact) mass is 563 g/mol. The fraction of sp³-hybridized carbons (Fsp3) is 0.441. The largest absolute Gasteiger partial charge is 0.377 e. The minimum Gasteiger partial charge on any atom is -0.377 e. The van der Waals surface area contributed by atoms with Crippen LogP contribution in [-0.2, 0) is 22.4 Å². The molecule has 0 amide bonds. The summed E-state index contributed by atoms with van der Waals surface area (Å²) in [6.07, 6.45) is 11.2. The molecular formula is C34H37N5O3. The van der Waals surface area contributed by atoms with Crippen molar-refractivity contribution in [3.63, 3.8) is 0 Å². The van der Waals surface area contributed by atoms with Crippen molar-refractivity contribution >= 4 is 12.1 Å². The number of fused-ring (bicyclic) bond motifs is 1. The van der Waals surface area contributed by atoms with Crippen molar-refractivity contribution in [1.82, 2.24) is 19.2 Å². The van der Waals surface area contributed by atoms with Gasteiger partial charge in [0.2, 0.25) is 5.78 Å². The number of nitriles is 1. The van der Waals surface area contributed by atoms with Crippen LogP contribution in [0.5, 0.6) is 0 Å². The number of aryl methyl sites for hydroxylation is 1. The molecule has 42 heavy (non-hydrogen) atoms. The lowest BCUT2D eigenvalue weighted by molar-refractivity contribution is -0.129. The molecule has 216 valence electrons. The summed E-state index contributed by atoms with van der Waals surface area (Å²) in [6, 6.07) is 18.0. The number of benzene rings is 2. The predicted octanol–water partition coefficient (Wildman–Crippen LogP) is 5.84. The van der Waals surface area contributed by atoms with E-state index in [-0.39, 0.29) is 23.1 Å². The molecule has 0 unspecified atom stereocenters. The summed E-state index contributed by atoms with van der Waals surface area (Å²) in [4.78, 5) is 30.3. The summed E-state index contributed by atoms with van der Waals surface area (Å²) in [6.45, 7) is 2.62. The van der Waals surface area contributed by atoms with Crippen molar-refractivity contribution < 1.29 is 9.53 Å². The first-order chi connectivity index (χ1) is 20.6. The number of rotatable bonds is 10. The molecule has 0 N–H and O–H groups in total. The van der Waals surface area contributed by atoms with E-state index >= 15 is 0 Å². The van der Waals surface area contributed by atoms with Gasteiger partial charge in [0.15, 0.2) is 0 Å². The number of ether oxygens (including phenoxy) is 1. The zero-order chi connectivity index (χ0) is 29.1. The van der Waals surface area contributed by atoms with Crippen LogP contribution in [0.2, 0.25) is 0 Å². The second-order valence-corrected chi connectivity index (χ2v) is 11.9. The van der Waals surface area contributed by atoms with E-state index in [4.69, 9.17) is 4.74 Å². The molecule has 2 aromatic carbocycles. The Hall–Kier alpha value is -4.09. The van der Waals surface area contributed by atoms with E-state index in [9.17, 15) is 14.9 Å². The molecule has 2 aliphatic carbocycles. The number of aldehydes is 1. The zero-order valence-corrected chi connectivity index (χ0v) is 24.2. The van der Waals surface area contributed by atoms with E-state index in [1.807, 2.05) is 57.6 Å². The third-order valence-electron chi connectivity index (χ3n) is 9.22. The van der Waals surface area contributed by atoms with Crippen molar-refractivity contribution in [3.05, 3.63) is 87.6 Å². The summed E-state index contributed by atoms with van der Waals surface area (Å²) < 4.78 is 9.94. The Balaban J connectivity index is 1.26. The SMILES string of the molecule is CCCc1c(Cc2ccc(-c3ccccc3C#N)cc2)c(=O)n(C2CCC(OCC3(C=O)CCC3)CC2)c2ncnn12. The first-order valence-electron chi connectivity index (χ1n) is 15.2. The summed E-state index contributed by atoms with van der Waals surface area (Å²) >= 11 is 0. The van der Waals surface area contributed by atoms with Gasteiger partial charge in [0.1, 0.15) is 12.6 Å². The van der Waals surface area contributed by atoms with Gasteiger partial charge in [0.25, 0.3) is 5.56 Å². The third kappa shape index (κ3) is 5.30. The Bertz CT molecular complexity index is 1670. The highest BCUT2D eigenvalue weighted by Gasteiger charge is 2.38. The first-order valence-corrected chi connectivity index (χ1v) is 15.2. The molecule has 2 aliphatic rings. The van der Waals surface area contributed by atoms with Gasteiger partial charge in [-0.3, -0.25) is 9.36 Å². The average Bonchev–Trinajstić information content (AvgIpc) is 3.49. The molecule has 6 rings (SSSR count). The maximum atomic E-state index is 14.3. The molecule has 2 aromatic heterocycles. The van der Waals surface area contributed by atoms with Crippen LogP contribution in [0, 0.1) is 16.7 Å². The lowest BCUT2D eigenvalue weighted by atomic mass is 9.70. The van der Waals surface area contributed by atoms with Crippen LogP contribution in [0.4, 0.5) is 0 Å². The predicted molar refractivity (Wildman–Crippen MR) is 160 cm³/mol. The van der Waals surface area contributed by atoms with E-state index < -0.39 is 0 Å². The molecule has 4 aromatic rings. The highest BCUT2D eigenvalue weighted by atomic mass is 16.5. The molecule has 0 saturated heterocycles. The average molecular weight is 564 g/mol. The molecule has 0 bridgehead atoms. The molecule has 0 atom stereocenters. The molecule has 2 fully saturated rings. The number of nitrogens with zero attached hydrogens (tertiary/aromatic N) is 5. The minimum absolute atomic E-state index is 0.0107. The Morgan fingerprint density at radius 3 is 2.52 bits per heavy atom. The van der Waals surface area contributed by atoms with E-state index in [1.165, 1.54) is 0 Å². The van der Waals surface area contributed by atoms with Gasteiger partial charge in [-0.05, 0) is 67.7 Å². The van der Waals surface area contributed by atoms with Crippen LogP contribution in [-0.4, -0.2) is 38.2 Å². The van der Waals surface area contributed by atoms with Crippen molar-refractivity contribution in [2.24, 2.45) is 5.41 Å². The van der Waals surface area contributed by atoms with E-state index in [2.05, 4.69) is 23.1 Å². The van der Waals surface area contributed by atoms with Gasteiger partial charge in [-0.1, -0.05) is 62.2 Å². The maximum Gasteiger partial charge on any atom is 0.259 e. The third-order valence-corrected chi connectivity index (χ3v) is 9.22. The number of aromatic nitrogens is 4. The van der Waals surface area contributed by atoms with Crippen molar-refractivity contribution in [3.8, 4) is 17.2 Å². The second-order valence-electron chi connectivity index (χ2n) is 11.9. The van der Waals surface area contributed by atoms with Crippen LogP contribution < -0.4 is 5.56 Å². The fourth-order valence-corrected chi connectivity index (χ4v) is 6.60. The number of hydrogen-bond donors (Lipinski definition) is 0. The van der Waals surface area contributed by atoms with Gasteiger partial charge in [-0.2, -0.15) is 15.3 Å². The summed E-state index contributed by atoms with van der Waals surface area (Å²) in [5, 5.41) is 14.1. The van der Waals surface area contributed by atoms with Gasteiger partial charge in [-0.15, -0.1) is 0 Å². The first kappa shape index (κ1) is 28.0. The maximum absolute atomic E-state index is 14.3. The molecule has 0 aliphatic heterocycles.